The van der Waals surface area contributed by atoms with Crippen molar-refractivity contribution in [1.29, 1.82) is 0 Å². The summed E-state index contributed by atoms with van der Waals surface area (Å²) < 4.78 is 0. The zero-order valence-corrected chi connectivity index (χ0v) is 14.2. The third-order valence-corrected chi connectivity index (χ3v) is 5.28. The summed E-state index contributed by atoms with van der Waals surface area (Å²) in [6, 6.07) is 7.99. The monoisotopic (exact) mass is 337 g/mol. The topological polar surface area (TPSA) is 29.1 Å². The van der Waals surface area contributed by atoms with E-state index in [0.717, 1.165) is 23.7 Å². The van der Waals surface area contributed by atoms with Crippen LogP contribution >= 0.6 is 15.9 Å². The fraction of sp³-hybridized carbons (Fsp3) is 0.588. The van der Waals surface area contributed by atoms with E-state index >= 15 is 0 Å². The highest BCUT2D eigenvalue weighted by Gasteiger charge is 2.34. The van der Waals surface area contributed by atoms with E-state index < -0.39 is 0 Å². The van der Waals surface area contributed by atoms with E-state index in [2.05, 4.69) is 54.2 Å². The number of hydrogen-bond acceptors (Lipinski definition) is 1. The van der Waals surface area contributed by atoms with E-state index in [0.29, 0.717) is 0 Å². The Kier molecular flexibility index (Phi) is 4.58. The molecule has 0 spiro atoms. The van der Waals surface area contributed by atoms with Crippen molar-refractivity contribution >= 4 is 21.8 Å². The molecule has 1 aliphatic carbocycles. The van der Waals surface area contributed by atoms with Gasteiger partial charge in [0.2, 0.25) is 0 Å². The first-order valence-electron chi connectivity index (χ1n) is 7.35. The second-order valence-electron chi connectivity index (χ2n) is 6.90. The Morgan fingerprint density at radius 1 is 1.20 bits per heavy atom. The van der Waals surface area contributed by atoms with Crippen LogP contribution in [-0.4, -0.2) is 16.8 Å². The van der Waals surface area contributed by atoms with Gasteiger partial charge in [-0.3, -0.25) is 4.79 Å². The second-order valence-corrected chi connectivity index (χ2v) is 7.46. The lowest BCUT2D eigenvalue weighted by atomic mass is 9.86. The summed E-state index contributed by atoms with van der Waals surface area (Å²) in [6.45, 7) is 6.54. The Bertz CT molecular complexity index is 467. The molecule has 0 radical (unpaired) electrons. The minimum atomic E-state index is -0.0419. The maximum absolute atomic E-state index is 12.4. The Balaban J connectivity index is 2.10. The van der Waals surface area contributed by atoms with Crippen molar-refractivity contribution in [3.05, 3.63) is 35.4 Å². The van der Waals surface area contributed by atoms with Crippen molar-refractivity contribution in [2.24, 2.45) is 0 Å². The van der Waals surface area contributed by atoms with Gasteiger partial charge in [-0.05, 0) is 36.0 Å². The lowest BCUT2D eigenvalue weighted by Gasteiger charge is -2.28. The molecule has 1 aromatic carbocycles. The van der Waals surface area contributed by atoms with Crippen molar-refractivity contribution in [1.82, 2.24) is 5.32 Å². The van der Waals surface area contributed by atoms with E-state index in [-0.39, 0.29) is 16.9 Å². The first kappa shape index (κ1) is 15.6. The van der Waals surface area contributed by atoms with Gasteiger partial charge in [-0.25, -0.2) is 0 Å². The predicted octanol–water partition coefficient (Wildman–Crippen LogP) is 4.42. The summed E-state index contributed by atoms with van der Waals surface area (Å²) in [5.41, 5.74) is 2.09. The van der Waals surface area contributed by atoms with Crippen molar-refractivity contribution in [2.45, 2.75) is 57.4 Å². The number of alkyl halides is 1. The number of hydrogen-bond donors (Lipinski definition) is 1. The van der Waals surface area contributed by atoms with Gasteiger partial charge in [0.1, 0.15) is 0 Å². The lowest BCUT2D eigenvalue weighted by Crippen LogP contribution is -2.47. The van der Waals surface area contributed by atoms with Gasteiger partial charge >= 0.3 is 0 Å². The largest absolute Gasteiger partial charge is 0.346 e. The van der Waals surface area contributed by atoms with Crippen molar-refractivity contribution in [3.63, 3.8) is 0 Å². The molecule has 1 fully saturated rings. The van der Waals surface area contributed by atoms with Crippen LogP contribution in [0.3, 0.4) is 0 Å². The van der Waals surface area contributed by atoms with Crippen LogP contribution < -0.4 is 5.32 Å². The molecule has 1 N–H and O–H groups in total. The van der Waals surface area contributed by atoms with E-state index in [4.69, 9.17) is 0 Å². The molecule has 2 nitrogen and oxygen atoms in total. The summed E-state index contributed by atoms with van der Waals surface area (Å²) in [6.07, 6.45) is 4.55. The number of amides is 1. The van der Waals surface area contributed by atoms with Crippen LogP contribution in [0.5, 0.6) is 0 Å². The Labute approximate surface area is 130 Å². The SMILES string of the molecule is CC(C)(C)c1ccc(C(=O)NC2(CBr)CCCC2)cc1. The third kappa shape index (κ3) is 3.43. The van der Waals surface area contributed by atoms with E-state index in [1.54, 1.807) is 0 Å². The fourth-order valence-electron chi connectivity index (χ4n) is 2.78. The molecule has 0 unspecified atom stereocenters. The van der Waals surface area contributed by atoms with Gasteiger partial charge in [-0.1, -0.05) is 61.7 Å². The molecule has 0 aliphatic heterocycles. The first-order chi connectivity index (χ1) is 9.36. The molecule has 0 aromatic heterocycles. The minimum Gasteiger partial charge on any atom is -0.346 e. The van der Waals surface area contributed by atoms with Crippen molar-refractivity contribution in [2.75, 3.05) is 5.33 Å². The Morgan fingerprint density at radius 2 is 1.75 bits per heavy atom. The van der Waals surface area contributed by atoms with Gasteiger partial charge in [0.05, 0.1) is 5.54 Å². The highest BCUT2D eigenvalue weighted by atomic mass is 79.9. The van der Waals surface area contributed by atoms with Crippen LogP contribution in [0, 0.1) is 0 Å². The summed E-state index contributed by atoms with van der Waals surface area (Å²) in [4.78, 5) is 12.4. The molecule has 0 heterocycles. The van der Waals surface area contributed by atoms with Gasteiger partial charge < -0.3 is 5.32 Å². The number of halogens is 1. The maximum Gasteiger partial charge on any atom is 0.251 e. The summed E-state index contributed by atoms with van der Waals surface area (Å²) in [5, 5.41) is 4.07. The smallest absolute Gasteiger partial charge is 0.251 e. The number of carbonyl (C=O) groups is 1. The molecule has 0 bridgehead atoms. The summed E-state index contributed by atoms with van der Waals surface area (Å²) >= 11 is 3.56. The zero-order valence-electron chi connectivity index (χ0n) is 12.6. The van der Waals surface area contributed by atoms with Crippen molar-refractivity contribution < 1.29 is 4.79 Å². The molecule has 0 atom stereocenters. The molecular weight excluding hydrogens is 314 g/mol. The molecular formula is C17H24BrNO. The molecule has 1 saturated carbocycles. The Hall–Kier alpha value is -0.830. The van der Waals surface area contributed by atoms with E-state index in [9.17, 15) is 4.79 Å². The number of carbonyl (C=O) groups excluding carboxylic acids is 1. The van der Waals surface area contributed by atoms with Crippen LogP contribution in [0.15, 0.2) is 24.3 Å². The highest BCUT2D eigenvalue weighted by molar-refractivity contribution is 9.09. The van der Waals surface area contributed by atoms with Crippen LogP contribution in [0.2, 0.25) is 0 Å². The lowest BCUT2D eigenvalue weighted by molar-refractivity contribution is 0.0910. The van der Waals surface area contributed by atoms with Gasteiger partial charge in [0.25, 0.3) is 5.91 Å². The molecule has 110 valence electrons. The van der Waals surface area contributed by atoms with Gasteiger partial charge in [-0.2, -0.15) is 0 Å². The molecule has 1 amide bonds. The first-order valence-corrected chi connectivity index (χ1v) is 8.47. The standard InChI is InChI=1S/C17H24BrNO/c1-16(2,3)14-8-6-13(7-9-14)15(20)19-17(12-18)10-4-5-11-17/h6-9H,4-5,10-12H2,1-3H3,(H,19,20). The van der Waals surface area contributed by atoms with Crippen LogP contribution in [-0.2, 0) is 5.41 Å². The van der Waals surface area contributed by atoms with Gasteiger partial charge in [0.15, 0.2) is 0 Å². The third-order valence-electron chi connectivity index (χ3n) is 4.21. The summed E-state index contributed by atoms with van der Waals surface area (Å²) in [5.74, 6) is 0.0480. The average molecular weight is 338 g/mol. The quantitative estimate of drug-likeness (QED) is 0.812. The van der Waals surface area contributed by atoms with Crippen LogP contribution in [0.4, 0.5) is 0 Å². The fourth-order valence-corrected chi connectivity index (χ4v) is 3.48. The van der Waals surface area contributed by atoms with Crippen LogP contribution in [0.25, 0.3) is 0 Å². The van der Waals surface area contributed by atoms with Gasteiger partial charge in [0, 0.05) is 10.9 Å². The predicted molar refractivity (Wildman–Crippen MR) is 87.6 cm³/mol. The average Bonchev–Trinajstić information content (AvgIpc) is 2.87. The Morgan fingerprint density at radius 3 is 2.20 bits per heavy atom. The van der Waals surface area contributed by atoms with Crippen molar-refractivity contribution in [3.8, 4) is 0 Å². The minimum absolute atomic E-state index is 0.0419. The molecule has 20 heavy (non-hydrogen) atoms. The number of benzene rings is 1. The van der Waals surface area contributed by atoms with Crippen LogP contribution in [0.1, 0.15) is 62.4 Å². The van der Waals surface area contributed by atoms with E-state index in [1.807, 2.05) is 12.1 Å². The normalized spacial score (nSPS) is 18.0. The zero-order chi connectivity index (χ0) is 14.8. The molecule has 1 aliphatic rings. The summed E-state index contributed by atoms with van der Waals surface area (Å²) in [7, 11) is 0. The molecule has 1 aromatic rings. The number of rotatable bonds is 3. The second kappa shape index (κ2) is 5.88. The molecule has 0 saturated heterocycles. The maximum atomic E-state index is 12.4. The van der Waals surface area contributed by atoms with Gasteiger partial charge in [-0.15, -0.1) is 0 Å². The highest BCUT2D eigenvalue weighted by Crippen LogP contribution is 2.31. The molecule has 2 rings (SSSR count). The van der Waals surface area contributed by atoms with E-state index in [1.165, 1.54) is 18.4 Å². The number of nitrogens with one attached hydrogen (secondary N) is 1. The molecule has 3 heteroatoms.